The normalized spacial score (nSPS) is 19.9. The van der Waals surface area contributed by atoms with Crippen LogP contribution >= 0.6 is 0 Å². The smallest absolute Gasteiger partial charge is 0.254 e. The predicted molar refractivity (Wildman–Crippen MR) is 94.0 cm³/mol. The van der Waals surface area contributed by atoms with Crippen LogP contribution in [0.5, 0.6) is 0 Å². The van der Waals surface area contributed by atoms with E-state index in [4.69, 9.17) is 0 Å². The van der Waals surface area contributed by atoms with Gasteiger partial charge < -0.3 is 14.6 Å². The summed E-state index contributed by atoms with van der Waals surface area (Å²) >= 11 is 0. The second-order valence-electron chi connectivity index (χ2n) is 7.44. The average molecular weight is 330 g/mol. The van der Waals surface area contributed by atoms with Crippen LogP contribution < -0.4 is 0 Å². The van der Waals surface area contributed by atoms with E-state index >= 15 is 0 Å². The van der Waals surface area contributed by atoms with E-state index in [-0.39, 0.29) is 11.9 Å². The van der Waals surface area contributed by atoms with Gasteiger partial charge in [0.1, 0.15) is 0 Å². The number of hydrogen-bond acceptors (Lipinski definition) is 4. The van der Waals surface area contributed by atoms with Crippen molar-refractivity contribution in [3.05, 3.63) is 30.1 Å². The number of aliphatic hydroxyl groups is 1. The predicted octanol–water partition coefficient (Wildman–Crippen LogP) is 1.49. The van der Waals surface area contributed by atoms with E-state index < -0.39 is 5.60 Å². The third-order valence-corrected chi connectivity index (χ3v) is 4.61. The van der Waals surface area contributed by atoms with E-state index in [9.17, 15) is 9.90 Å². The molecule has 130 valence electrons. The van der Waals surface area contributed by atoms with Crippen molar-refractivity contribution in [3.8, 4) is 0 Å². The molecule has 2 heterocycles. The van der Waals surface area contributed by atoms with E-state index in [1.165, 1.54) is 0 Å². The summed E-state index contributed by atoms with van der Waals surface area (Å²) in [5.74, 6) is 0.0531. The Hall–Kier alpha value is -1.92. The van der Waals surface area contributed by atoms with Crippen molar-refractivity contribution < 1.29 is 9.90 Å². The molecule has 6 nitrogen and oxygen atoms in total. The van der Waals surface area contributed by atoms with Crippen LogP contribution in [0, 0.1) is 0 Å². The maximum atomic E-state index is 12.8. The number of piperazine rings is 1. The molecular formula is C18H26N4O2. The molecule has 1 N–H and O–H groups in total. The second kappa shape index (κ2) is 6.18. The standard InChI is InChI=1S/C18H26N4O2/c1-13-10-21(7-8-22(13)11-18(2,3)24)17(23)14-5-6-16-15(9-14)19-12-20(16)4/h5-6,9,12-13,24H,7-8,10-11H2,1-4H3. The quantitative estimate of drug-likeness (QED) is 0.926. The molecule has 1 aliphatic rings. The fraction of sp³-hybridized carbons (Fsp3) is 0.556. The van der Waals surface area contributed by atoms with Crippen LogP contribution in [0.3, 0.4) is 0 Å². The zero-order valence-electron chi connectivity index (χ0n) is 14.9. The minimum absolute atomic E-state index is 0.0531. The fourth-order valence-electron chi connectivity index (χ4n) is 3.36. The first-order chi connectivity index (χ1) is 11.2. The molecule has 1 aromatic heterocycles. The van der Waals surface area contributed by atoms with E-state index in [2.05, 4.69) is 16.8 Å². The number of aryl methyl sites for hydroxylation is 1. The molecule has 1 aliphatic heterocycles. The number of aromatic nitrogens is 2. The summed E-state index contributed by atoms with van der Waals surface area (Å²) in [7, 11) is 1.94. The van der Waals surface area contributed by atoms with E-state index in [1.807, 2.05) is 48.6 Å². The van der Waals surface area contributed by atoms with Crippen LogP contribution in [0.15, 0.2) is 24.5 Å². The number of imidazole rings is 1. The van der Waals surface area contributed by atoms with Crippen LogP contribution in [0.2, 0.25) is 0 Å². The van der Waals surface area contributed by atoms with Crippen molar-refractivity contribution in [2.45, 2.75) is 32.4 Å². The summed E-state index contributed by atoms with van der Waals surface area (Å²) in [5.41, 5.74) is 1.83. The van der Waals surface area contributed by atoms with Gasteiger partial charge in [-0.3, -0.25) is 9.69 Å². The molecule has 1 aromatic carbocycles. The lowest BCUT2D eigenvalue weighted by Gasteiger charge is -2.42. The molecule has 0 saturated carbocycles. The number of fused-ring (bicyclic) bond motifs is 1. The van der Waals surface area contributed by atoms with Gasteiger partial charge in [-0.05, 0) is 39.0 Å². The Balaban J connectivity index is 1.71. The minimum atomic E-state index is -0.718. The summed E-state index contributed by atoms with van der Waals surface area (Å²) in [4.78, 5) is 21.3. The van der Waals surface area contributed by atoms with Gasteiger partial charge in [0.15, 0.2) is 0 Å². The molecule has 1 unspecified atom stereocenters. The van der Waals surface area contributed by atoms with Gasteiger partial charge in [-0.25, -0.2) is 4.98 Å². The lowest BCUT2D eigenvalue weighted by molar-refractivity contribution is -0.00143. The van der Waals surface area contributed by atoms with Crippen molar-refractivity contribution in [1.82, 2.24) is 19.4 Å². The van der Waals surface area contributed by atoms with Crippen molar-refractivity contribution in [1.29, 1.82) is 0 Å². The summed E-state index contributed by atoms with van der Waals surface area (Å²) in [6.45, 7) is 8.50. The van der Waals surface area contributed by atoms with E-state index in [0.717, 1.165) is 17.6 Å². The maximum absolute atomic E-state index is 12.8. The number of hydrogen-bond donors (Lipinski definition) is 1. The van der Waals surface area contributed by atoms with Gasteiger partial charge in [0, 0.05) is 44.8 Å². The highest BCUT2D eigenvalue weighted by molar-refractivity contribution is 5.97. The zero-order valence-corrected chi connectivity index (χ0v) is 14.9. The van der Waals surface area contributed by atoms with Crippen LogP contribution in [0.1, 0.15) is 31.1 Å². The van der Waals surface area contributed by atoms with Gasteiger partial charge in [-0.1, -0.05) is 0 Å². The summed E-state index contributed by atoms with van der Waals surface area (Å²) in [6.07, 6.45) is 1.76. The number of nitrogens with zero attached hydrogens (tertiary/aromatic N) is 4. The summed E-state index contributed by atoms with van der Waals surface area (Å²) in [5, 5.41) is 10.0. The third-order valence-electron chi connectivity index (χ3n) is 4.61. The molecular weight excluding hydrogens is 304 g/mol. The van der Waals surface area contributed by atoms with Crippen molar-refractivity contribution in [3.63, 3.8) is 0 Å². The minimum Gasteiger partial charge on any atom is -0.389 e. The Morgan fingerprint density at radius 1 is 1.38 bits per heavy atom. The molecule has 2 aromatic rings. The number of rotatable bonds is 3. The first-order valence-corrected chi connectivity index (χ1v) is 8.41. The number of benzene rings is 1. The highest BCUT2D eigenvalue weighted by Gasteiger charge is 2.30. The van der Waals surface area contributed by atoms with Crippen LogP contribution in [0.25, 0.3) is 11.0 Å². The fourth-order valence-corrected chi connectivity index (χ4v) is 3.36. The van der Waals surface area contributed by atoms with Crippen LogP contribution in [-0.4, -0.2) is 68.2 Å². The number of carbonyl (C=O) groups excluding carboxylic acids is 1. The highest BCUT2D eigenvalue weighted by Crippen LogP contribution is 2.19. The number of carbonyl (C=O) groups is 1. The third kappa shape index (κ3) is 3.44. The molecule has 0 aliphatic carbocycles. The molecule has 1 atom stereocenters. The highest BCUT2D eigenvalue weighted by atomic mass is 16.3. The van der Waals surface area contributed by atoms with Crippen LogP contribution in [0.4, 0.5) is 0 Å². The van der Waals surface area contributed by atoms with Gasteiger partial charge in [0.2, 0.25) is 0 Å². The van der Waals surface area contributed by atoms with Crippen molar-refractivity contribution in [2.24, 2.45) is 7.05 Å². The molecule has 3 rings (SSSR count). The van der Waals surface area contributed by atoms with E-state index in [1.54, 1.807) is 6.33 Å². The summed E-state index contributed by atoms with van der Waals surface area (Å²) < 4.78 is 1.95. The lowest BCUT2D eigenvalue weighted by Crippen LogP contribution is -2.56. The Morgan fingerprint density at radius 2 is 2.12 bits per heavy atom. The SMILES string of the molecule is CC1CN(C(=O)c2ccc3c(c2)ncn3C)CCN1CC(C)(C)O. The van der Waals surface area contributed by atoms with Gasteiger partial charge in [0.05, 0.1) is 23.0 Å². The first kappa shape index (κ1) is 16.9. The Kier molecular flexibility index (Phi) is 4.36. The molecule has 6 heteroatoms. The largest absolute Gasteiger partial charge is 0.389 e. The number of β-amino-alcohol motifs (C(OH)–C–C–N with tert-alkyl or cyclic N) is 1. The second-order valence-corrected chi connectivity index (χ2v) is 7.44. The van der Waals surface area contributed by atoms with Gasteiger partial charge in [-0.2, -0.15) is 0 Å². The summed E-state index contributed by atoms with van der Waals surface area (Å²) in [6, 6.07) is 5.92. The molecule has 0 spiro atoms. The Labute approximate surface area is 142 Å². The molecule has 1 amide bonds. The van der Waals surface area contributed by atoms with Crippen molar-refractivity contribution >= 4 is 16.9 Å². The molecule has 0 radical (unpaired) electrons. The average Bonchev–Trinajstić information content (AvgIpc) is 2.88. The zero-order chi connectivity index (χ0) is 17.5. The molecule has 24 heavy (non-hydrogen) atoms. The van der Waals surface area contributed by atoms with Gasteiger partial charge in [-0.15, -0.1) is 0 Å². The molecule has 1 fully saturated rings. The van der Waals surface area contributed by atoms with Crippen LogP contribution in [-0.2, 0) is 7.05 Å². The maximum Gasteiger partial charge on any atom is 0.254 e. The molecule has 0 bridgehead atoms. The Morgan fingerprint density at radius 3 is 2.79 bits per heavy atom. The van der Waals surface area contributed by atoms with Gasteiger partial charge >= 0.3 is 0 Å². The Bertz CT molecular complexity index is 747. The first-order valence-electron chi connectivity index (χ1n) is 8.41. The van der Waals surface area contributed by atoms with E-state index in [0.29, 0.717) is 25.2 Å². The topological polar surface area (TPSA) is 61.6 Å². The lowest BCUT2D eigenvalue weighted by atomic mass is 10.1. The van der Waals surface area contributed by atoms with Gasteiger partial charge in [0.25, 0.3) is 5.91 Å². The molecule has 1 saturated heterocycles. The van der Waals surface area contributed by atoms with Crippen molar-refractivity contribution in [2.75, 3.05) is 26.2 Å². The monoisotopic (exact) mass is 330 g/mol. The number of amides is 1.